The Balaban J connectivity index is 1.61. The molecule has 0 saturated carbocycles. The van der Waals surface area contributed by atoms with Gasteiger partial charge in [-0.25, -0.2) is 8.42 Å². The first-order valence-corrected chi connectivity index (χ1v) is 12.5. The van der Waals surface area contributed by atoms with Gasteiger partial charge in [-0.15, -0.1) is 0 Å². The summed E-state index contributed by atoms with van der Waals surface area (Å²) in [6, 6.07) is 15.9. The molecule has 2 N–H and O–H groups in total. The Hall–Kier alpha value is -3.26. The van der Waals surface area contributed by atoms with E-state index in [0.29, 0.717) is 18.4 Å². The molecule has 1 heterocycles. The van der Waals surface area contributed by atoms with Gasteiger partial charge in [0.05, 0.1) is 23.2 Å². The number of nitrogens with one attached hydrogen (secondary N) is 2. The van der Waals surface area contributed by atoms with Crippen LogP contribution in [0.15, 0.2) is 59.5 Å². The summed E-state index contributed by atoms with van der Waals surface area (Å²) in [6.07, 6.45) is 0.590. The summed E-state index contributed by atoms with van der Waals surface area (Å²) in [4.78, 5) is 25.2. The van der Waals surface area contributed by atoms with E-state index in [0.717, 1.165) is 0 Å². The molecule has 3 rings (SSSR count). The van der Waals surface area contributed by atoms with Gasteiger partial charge < -0.3 is 15.4 Å². The standard InChI is InChI=1S/C24H28N4O5S/c1-2-8-21(27-23(29)18-9-4-3-5-10-18)24(30)26-16-20-17-28(13-14-33-20)34(31,32)22-12-7-6-11-19(22)15-25/h3-7,9-12,20-21H,2,8,13-14,16-17H2,1H3,(H,26,30)(H,27,29)/t20?,21-/m0/s1. The minimum Gasteiger partial charge on any atom is -0.374 e. The number of nitrogens with zero attached hydrogens (tertiary/aromatic N) is 2. The van der Waals surface area contributed by atoms with Crippen LogP contribution in [0.1, 0.15) is 35.7 Å². The lowest BCUT2D eigenvalue weighted by molar-refractivity contribution is -0.124. The van der Waals surface area contributed by atoms with Gasteiger partial charge in [-0.05, 0) is 30.7 Å². The number of ether oxygens (including phenoxy) is 1. The normalized spacial score (nSPS) is 17.4. The van der Waals surface area contributed by atoms with Gasteiger partial charge in [-0.3, -0.25) is 9.59 Å². The predicted molar refractivity (Wildman–Crippen MR) is 125 cm³/mol. The fourth-order valence-electron chi connectivity index (χ4n) is 3.68. The first kappa shape index (κ1) is 25.4. The lowest BCUT2D eigenvalue weighted by Crippen LogP contribution is -2.52. The number of hydrogen-bond donors (Lipinski definition) is 2. The molecule has 0 radical (unpaired) electrons. The molecular formula is C24H28N4O5S. The van der Waals surface area contributed by atoms with Crippen LogP contribution in [0.3, 0.4) is 0 Å². The summed E-state index contributed by atoms with van der Waals surface area (Å²) in [5.41, 5.74) is 0.543. The monoisotopic (exact) mass is 484 g/mol. The van der Waals surface area contributed by atoms with Crippen molar-refractivity contribution in [3.8, 4) is 6.07 Å². The maximum absolute atomic E-state index is 13.1. The number of morpholine rings is 1. The van der Waals surface area contributed by atoms with Crippen LogP contribution in [-0.4, -0.2) is 62.9 Å². The van der Waals surface area contributed by atoms with E-state index in [1.807, 2.05) is 13.0 Å². The van der Waals surface area contributed by atoms with E-state index < -0.39 is 22.2 Å². The molecule has 0 aliphatic carbocycles. The average Bonchev–Trinajstić information content (AvgIpc) is 2.87. The summed E-state index contributed by atoms with van der Waals surface area (Å²) in [7, 11) is -3.89. The summed E-state index contributed by atoms with van der Waals surface area (Å²) in [5, 5.41) is 14.8. The second-order valence-electron chi connectivity index (χ2n) is 7.89. The van der Waals surface area contributed by atoms with Crippen molar-refractivity contribution in [2.45, 2.75) is 36.8 Å². The molecule has 1 unspecified atom stereocenters. The van der Waals surface area contributed by atoms with Crippen molar-refractivity contribution in [2.24, 2.45) is 0 Å². The molecule has 34 heavy (non-hydrogen) atoms. The molecule has 0 spiro atoms. The van der Waals surface area contributed by atoms with Crippen molar-refractivity contribution in [2.75, 3.05) is 26.2 Å². The molecule has 2 aromatic rings. The van der Waals surface area contributed by atoms with Gasteiger partial charge in [0, 0.05) is 25.2 Å². The molecule has 1 aliphatic rings. The fraction of sp³-hybridized carbons (Fsp3) is 0.375. The van der Waals surface area contributed by atoms with Crippen LogP contribution in [0.25, 0.3) is 0 Å². The largest absolute Gasteiger partial charge is 0.374 e. The molecular weight excluding hydrogens is 456 g/mol. The van der Waals surface area contributed by atoms with Crippen molar-refractivity contribution in [1.82, 2.24) is 14.9 Å². The molecule has 0 aromatic heterocycles. The molecule has 180 valence electrons. The Labute approximate surface area is 199 Å². The number of rotatable bonds is 9. The number of hydrogen-bond acceptors (Lipinski definition) is 6. The second kappa shape index (κ2) is 11.7. The highest BCUT2D eigenvalue weighted by Gasteiger charge is 2.33. The smallest absolute Gasteiger partial charge is 0.251 e. The summed E-state index contributed by atoms with van der Waals surface area (Å²) in [6.45, 7) is 2.36. The molecule has 1 aliphatic heterocycles. The lowest BCUT2D eigenvalue weighted by Gasteiger charge is -2.32. The third-order valence-corrected chi connectivity index (χ3v) is 7.39. The third kappa shape index (κ3) is 6.20. The van der Waals surface area contributed by atoms with E-state index in [1.54, 1.807) is 42.5 Å². The molecule has 1 fully saturated rings. The molecule has 1 saturated heterocycles. The summed E-state index contributed by atoms with van der Waals surface area (Å²) < 4.78 is 33.1. The van der Waals surface area contributed by atoms with Gasteiger partial charge in [0.2, 0.25) is 15.9 Å². The topological polar surface area (TPSA) is 129 Å². The van der Waals surface area contributed by atoms with Crippen molar-refractivity contribution < 1.29 is 22.7 Å². The molecule has 0 bridgehead atoms. The first-order valence-electron chi connectivity index (χ1n) is 11.1. The molecule has 2 aromatic carbocycles. The summed E-state index contributed by atoms with van der Waals surface area (Å²) >= 11 is 0. The maximum atomic E-state index is 13.1. The minimum atomic E-state index is -3.89. The van der Waals surface area contributed by atoms with Gasteiger partial charge >= 0.3 is 0 Å². The van der Waals surface area contributed by atoms with Gasteiger partial charge in [0.15, 0.2) is 0 Å². The highest BCUT2D eigenvalue weighted by molar-refractivity contribution is 7.89. The SMILES string of the molecule is CCC[C@H](NC(=O)c1ccccc1)C(=O)NCC1CN(S(=O)(=O)c2ccccc2C#N)CCO1. The zero-order valence-corrected chi connectivity index (χ0v) is 19.8. The number of amides is 2. The number of carbonyl (C=O) groups excluding carboxylic acids is 2. The zero-order chi connectivity index (χ0) is 24.6. The minimum absolute atomic E-state index is 0.0389. The van der Waals surface area contributed by atoms with Gasteiger partial charge in [-0.2, -0.15) is 9.57 Å². The van der Waals surface area contributed by atoms with E-state index in [4.69, 9.17) is 4.74 Å². The van der Waals surface area contributed by atoms with Crippen molar-refractivity contribution >= 4 is 21.8 Å². The molecule has 10 heteroatoms. The zero-order valence-electron chi connectivity index (χ0n) is 18.9. The van der Waals surface area contributed by atoms with Crippen LogP contribution in [0.4, 0.5) is 0 Å². The Morgan fingerprint density at radius 3 is 2.59 bits per heavy atom. The third-order valence-electron chi connectivity index (χ3n) is 5.47. The Morgan fingerprint density at radius 2 is 1.88 bits per heavy atom. The van der Waals surface area contributed by atoms with E-state index in [-0.39, 0.29) is 48.5 Å². The fourth-order valence-corrected chi connectivity index (χ4v) is 5.28. The number of nitriles is 1. The lowest BCUT2D eigenvalue weighted by atomic mass is 10.1. The van der Waals surface area contributed by atoms with E-state index in [2.05, 4.69) is 10.6 Å². The number of sulfonamides is 1. The van der Waals surface area contributed by atoms with Crippen LogP contribution in [-0.2, 0) is 19.6 Å². The second-order valence-corrected chi connectivity index (χ2v) is 9.80. The number of benzene rings is 2. The molecule has 2 amide bonds. The van der Waals surface area contributed by atoms with Crippen LogP contribution in [0.5, 0.6) is 0 Å². The highest BCUT2D eigenvalue weighted by Crippen LogP contribution is 2.21. The van der Waals surface area contributed by atoms with E-state index in [1.165, 1.54) is 16.4 Å². The van der Waals surface area contributed by atoms with Crippen molar-refractivity contribution in [3.63, 3.8) is 0 Å². The van der Waals surface area contributed by atoms with E-state index in [9.17, 15) is 23.3 Å². The molecule has 2 atom stereocenters. The Kier molecular flexibility index (Phi) is 8.76. The van der Waals surface area contributed by atoms with Gasteiger partial charge in [0.25, 0.3) is 5.91 Å². The highest BCUT2D eigenvalue weighted by atomic mass is 32.2. The Bertz CT molecular complexity index is 1150. The predicted octanol–water partition coefficient (Wildman–Crippen LogP) is 1.66. The van der Waals surface area contributed by atoms with Gasteiger partial charge in [0.1, 0.15) is 12.1 Å². The van der Waals surface area contributed by atoms with Crippen LogP contribution in [0, 0.1) is 11.3 Å². The van der Waals surface area contributed by atoms with Crippen LogP contribution in [0.2, 0.25) is 0 Å². The van der Waals surface area contributed by atoms with Crippen molar-refractivity contribution in [3.05, 3.63) is 65.7 Å². The van der Waals surface area contributed by atoms with E-state index >= 15 is 0 Å². The van der Waals surface area contributed by atoms with Crippen LogP contribution < -0.4 is 10.6 Å². The number of carbonyl (C=O) groups is 2. The first-order chi connectivity index (χ1) is 16.4. The maximum Gasteiger partial charge on any atom is 0.251 e. The average molecular weight is 485 g/mol. The Morgan fingerprint density at radius 1 is 1.18 bits per heavy atom. The van der Waals surface area contributed by atoms with Gasteiger partial charge in [-0.1, -0.05) is 43.7 Å². The quantitative estimate of drug-likeness (QED) is 0.557. The van der Waals surface area contributed by atoms with Crippen LogP contribution >= 0.6 is 0 Å². The van der Waals surface area contributed by atoms with Crippen molar-refractivity contribution in [1.29, 1.82) is 5.26 Å². The summed E-state index contributed by atoms with van der Waals surface area (Å²) in [5.74, 6) is -0.693. The molecule has 9 nitrogen and oxygen atoms in total.